The van der Waals surface area contributed by atoms with Crippen LogP contribution in [0.1, 0.15) is 47.6 Å². The zero-order valence-electron chi connectivity index (χ0n) is 20.7. The molecule has 1 saturated heterocycles. The molecule has 192 valence electrons. The molecule has 1 aliphatic heterocycles. The number of aromatic nitrogens is 2. The third kappa shape index (κ3) is 4.47. The van der Waals surface area contributed by atoms with Gasteiger partial charge in [0.15, 0.2) is 0 Å². The molecule has 2 aromatic heterocycles. The lowest BCUT2D eigenvalue weighted by atomic mass is 10.1. The van der Waals surface area contributed by atoms with Gasteiger partial charge >= 0.3 is 11.9 Å². The molecule has 10 heteroatoms. The van der Waals surface area contributed by atoms with Crippen molar-refractivity contribution < 1.29 is 27.5 Å². The topological polar surface area (TPSA) is 119 Å². The van der Waals surface area contributed by atoms with E-state index in [1.807, 2.05) is 31.2 Å². The molecule has 2 atom stereocenters. The summed E-state index contributed by atoms with van der Waals surface area (Å²) in [6, 6.07) is 14.8. The second kappa shape index (κ2) is 9.60. The number of esters is 2. The van der Waals surface area contributed by atoms with Gasteiger partial charge in [0.05, 0.1) is 17.5 Å². The number of nitrogens with zero attached hydrogens (tertiary/aromatic N) is 2. The summed E-state index contributed by atoms with van der Waals surface area (Å²) in [5.41, 5.74) is 2.85. The van der Waals surface area contributed by atoms with Gasteiger partial charge in [-0.1, -0.05) is 35.9 Å². The zero-order valence-corrected chi connectivity index (χ0v) is 21.5. The summed E-state index contributed by atoms with van der Waals surface area (Å²) < 4.78 is 38.5. The standard InChI is InChI=1S/C27H27N3O6S/c1-16-10-12-18(13-11-16)37(33,34)30-14-6-9-23(30)27(32)36-17(2)24-25-20(15-22(29-24)26(31)35-3)19-7-4-5-8-21(19)28-25/h4-5,7-8,10-13,15,17,23,28H,6,9,14H2,1-3H3/t17-,23-/m0/s1. The van der Waals surface area contributed by atoms with Gasteiger partial charge in [-0.2, -0.15) is 4.31 Å². The van der Waals surface area contributed by atoms with Crippen molar-refractivity contribution in [1.29, 1.82) is 0 Å². The van der Waals surface area contributed by atoms with Crippen molar-refractivity contribution >= 4 is 43.8 Å². The van der Waals surface area contributed by atoms with Crippen LogP contribution in [0, 0.1) is 6.92 Å². The average molecular weight is 522 g/mol. The van der Waals surface area contributed by atoms with Crippen molar-refractivity contribution in [3.8, 4) is 0 Å². The lowest BCUT2D eigenvalue weighted by Crippen LogP contribution is -2.41. The van der Waals surface area contributed by atoms with E-state index in [4.69, 9.17) is 9.47 Å². The Morgan fingerprint density at radius 2 is 1.84 bits per heavy atom. The molecule has 1 fully saturated rings. The van der Waals surface area contributed by atoms with Crippen molar-refractivity contribution in [2.45, 2.75) is 43.7 Å². The Labute approximate surface area is 214 Å². The molecule has 0 bridgehead atoms. The third-order valence-corrected chi connectivity index (χ3v) is 8.62. The first-order valence-electron chi connectivity index (χ1n) is 12.0. The van der Waals surface area contributed by atoms with E-state index < -0.39 is 34.1 Å². The van der Waals surface area contributed by atoms with E-state index in [-0.39, 0.29) is 17.1 Å². The number of nitrogens with one attached hydrogen (secondary N) is 1. The van der Waals surface area contributed by atoms with Crippen LogP contribution < -0.4 is 0 Å². The lowest BCUT2D eigenvalue weighted by Gasteiger charge is -2.24. The SMILES string of the molecule is COC(=O)c1cc2c([nH]c3ccccc32)c([C@H](C)OC(=O)[C@@H]2CCCN2S(=O)(=O)c2ccc(C)cc2)n1. The third-order valence-electron chi connectivity index (χ3n) is 6.70. The second-order valence-corrected chi connectivity index (χ2v) is 11.0. The number of aromatic amines is 1. The van der Waals surface area contributed by atoms with E-state index >= 15 is 0 Å². The molecule has 3 heterocycles. The summed E-state index contributed by atoms with van der Waals surface area (Å²) in [5.74, 6) is -1.27. The number of aryl methyl sites for hydroxylation is 1. The summed E-state index contributed by atoms with van der Waals surface area (Å²) in [7, 11) is -2.60. The normalized spacial score (nSPS) is 17.2. The second-order valence-electron chi connectivity index (χ2n) is 9.14. The number of ether oxygens (including phenoxy) is 2. The highest BCUT2D eigenvalue weighted by molar-refractivity contribution is 7.89. The number of fused-ring (bicyclic) bond motifs is 3. The Hall–Kier alpha value is -3.76. The Balaban J connectivity index is 1.47. The molecule has 0 aliphatic carbocycles. The number of hydrogen-bond acceptors (Lipinski definition) is 7. The Morgan fingerprint density at radius 1 is 1.11 bits per heavy atom. The number of rotatable bonds is 6. The van der Waals surface area contributed by atoms with Gasteiger partial charge in [-0.05, 0) is 51.0 Å². The lowest BCUT2D eigenvalue weighted by molar-refractivity contribution is -0.152. The van der Waals surface area contributed by atoms with Crippen LogP contribution in [-0.4, -0.2) is 54.3 Å². The number of benzene rings is 2. The van der Waals surface area contributed by atoms with E-state index in [9.17, 15) is 18.0 Å². The van der Waals surface area contributed by atoms with Crippen LogP contribution in [0.25, 0.3) is 21.8 Å². The fourth-order valence-corrected chi connectivity index (χ4v) is 6.44. The summed E-state index contributed by atoms with van der Waals surface area (Å²) in [6.07, 6.45) is 0.0348. The average Bonchev–Trinajstić information content (AvgIpc) is 3.53. The van der Waals surface area contributed by atoms with Crippen LogP contribution >= 0.6 is 0 Å². The molecule has 9 nitrogen and oxygen atoms in total. The van der Waals surface area contributed by atoms with Crippen molar-refractivity contribution in [2.75, 3.05) is 13.7 Å². The summed E-state index contributed by atoms with van der Waals surface area (Å²) in [4.78, 5) is 33.5. The predicted octanol–water partition coefficient (Wildman–Crippen LogP) is 4.27. The number of carbonyl (C=O) groups is 2. The van der Waals surface area contributed by atoms with Gasteiger partial charge in [-0.3, -0.25) is 4.79 Å². The Morgan fingerprint density at radius 3 is 2.57 bits per heavy atom. The first-order valence-corrected chi connectivity index (χ1v) is 13.4. The fraction of sp³-hybridized carbons (Fsp3) is 0.296. The maximum absolute atomic E-state index is 13.3. The first-order chi connectivity index (χ1) is 17.7. The number of hydrogen-bond donors (Lipinski definition) is 1. The highest BCUT2D eigenvalue weighted by Gasteiger charge is 2.41. The molecule has 1 aliphatic rings. The van der Waals surface area contributed by atoms with E-state index in [0.717, 1.165) is 21.9 Å². The van der Waals surface area contributed by atoms with Gasteiger partial charge in [0.2, 0.25) is 10.0 Å². The number of methoxy groups -OCH3 is 1. The molecule has 37 heavy (non-hydrogen) atoms. The molecule has 0 saturated carbocycles. The van der Waals surface area contributed by atoms with Gasteiger partial charge in [-0.25, -0.2) is 18.2 Å². The highest BCUT2D eigenvalue weighted by atomic mass is 32.2. The Bertz CT molecular complexity index is 1610. The number of carbonyl (C=O) groups excluding carboxylic acids is 2. The van der Waals surface area contributed by atoms with Crippen LogP contribution in [0.15, 0.2) is 59.5 Å². The summed E-state index contributed by atoms with van der Waals surface area (Å²) >= 11 is 0. The smallest absolute Gasteiger partial charge is 0.356 e. The zero-order chi connectivity index (χ0) is 26.3. The van der Waals surface area contributed by atoms with Gasteiger partial charge < -0.3 is 14.5 Å². The van der Waals surface area contributed by atoms with E-state index in [1.165, 1.54) is 11.4 Å². The molecule has 4 aromatic rings. The molecule has 0 spiro atoms. The van der Waals surface area contributed by atoms with Crippen LogP contribution in [0.5, 0.6) is 0 Å². The molecule has 5 rings (SSSR count). The van der Waals surface area contributed by atoms with Gasteiger partial charge in [0.25, 0.3) is 0 Å². The van der Waals surface area contributed by atoms with Crippen LogP contribution in [0.2, 0.25) is 0 Å². The summed E-state index contributed by atoms with van der Waals surface area (Å²) in [5, 5.41) is 1.63. The predicted molar refractivity (Wildman–Crippen MR) is 138 cm³/mol. The van der Waals surface area contributed by atoms with Crippen LogP contribution in [0.3, 0.4) is 0 Å². The fourth-order valence-electron chi connectivity index (χ4n) is 4.79. The number of para-hydroxylation sites is 1. The first kappa shape index (κ1) is 24.9. The van der Waals surface area contributed by atoms with Crippen LogP contribution in [-0.2, 0) is 24.3 Å². The van der Waals surface area contributed by atoms with Crippen molar-refractivity contribution in [3.05, 3.63) is 71.5 Å². The number of sulfonamides is 1. The van der Waals surface area contributed by atoms with Gasteiger partial charge in [0.1, 0.15) is 23.5 Å². The minimum Gasteiger partial charge on any atom is -0.464 e. The Kier molecular flexibility index (Phi) is 6.47. The maximum atomic E-state index is 13.3. The minimum atomic E-state index is -3.87. The molecule has 0 unspecified atom stereocenters. The molecular formula is C27H27N3O6S. The molecule has 2 aromatic carbocycles. The molecule has 0 radical (unpaired) electrons. The number of pyridine rings is 1. The van der Waals surface area contributed by atoms with E-state index in [2.05, 4.69) is 9.97 Å². The van der Waals surface area contributed by atoms with Crippen LogP contribution in [0.4, 0.5) is 0 Å². The quantitative estimate of drug-likeness (QED) is 0.377. The number of H-pyrrole nitrogens is 1. The largest absolute Gasteiger partial charge is 0.464 e. The van der Waals surface area contributed by atoms with Crippen molar-refractivity contribution in [1.82, 2.24) is 14.3 Å². The van der Waals surface area contributed by atoms with Gasteiger partial charge in [-0.15, -0.1) is 0 Å². The summed E-state index contributed by atoms with van der Waals surface area (Å²) in [6.45, 7) is 3.76. The minimum absolute atomic E-state index is 0.0853. The molecule has 0 amide bonds. The van der Waals surface area contributed by atoms with E-state index in [1.54, 1.807) is 37.3 Å². The van der Waals surface area contributed by atoms with E-state index in [0.29, 0.717) is 24.1 Å². The maximum Gasteiger partial charge on any atom is 0.356 e. The monoisotopic (exact) mass is 521 g/mol. The molecule has 1 N–H and O–H groups in total. The molecular weight excluding hydrogens is 494 g/mol. The van der Waals surface area contributed by atoms with Gasteiger partial charge in [0, 0.05) is 22.8 Å². The van der Waals surface area contributed by atoms with Crippen molar-refractivity contribution in [2.24, 2.45) is 0 Å². The highest BCUT2D eigenvalue weighted by Crippen LogP contribution is 2.33. The van der Waals surface area contributed by atoms with Crippen molar-refractivity contribution in [3.63, 3.8) is 0 Å².